The molecule has 110 valence electrons. The number of carbonyl (C=O) groups is 1. The Kier molecular flexibility index (Phi) is 5.22. The van der Waals surface area contributed by atoms with Gasteiger partial charge >= 0.3 is 0 Å². The van der Waals surface area contributed by atoms with Crippen molar-refractivity contribution in [1.29, 1.82) is 0 Å². The van der Waals surface area contributed by atoms with Gasteiger partial charge in [0.2, 0.25) is 5.91 Å². The number of amides is 1. The average Bonchev–Trinajstić information content (AvgIpc) is 2.97. The van der Waals surface area contributed by atoms with Gasteiger partial charge < -0.3 is 15.4 Å². The van der Waals surface area contributed by atoms with Crippen LogP contribution in [0.4, 0.5) is 0 Å². The van der Waals surface area contributed by atoms with Crippen LogP contribution in [0.5, 0.6) is 0 Å². The Morgan fingerprint density at radius 1 is 1.37 bits per heavy atom. The van der Waals surface area contributed by atoms with Crippen LogP contribution in [0.1, 0.15) is 46.0 Å². The van der Waals surface area contributed by atoms with Crippen LogP contribution in [-0.2, 0) is 9.53 Å². The summed E-state index contributed by atoms with van der Waals surface area (Å²) in [6.45, 7) is 6.83. The van der Waals surface area contributed by atoms with Crippen molar-refractivity contribution in [3.63, 3.8) is 0 Å². The molecule has 4 heteroatoms. The highest BCUT2D eigenvalue weighted by Gasteiger charge is 2.36. The molecule has 1 aliphatic heterocycles. The molecule has 0 aromatic heterocycles. The molecular formula is C15H28N2O2. The van der Waals surface area contributed by atoms with Crippen molar-refractivity contribution in [3.8, 4) is 0 Å². The molecule has 0 bridgehead atoms. The molecule has 0 radical (unpaired) electrons. The summed E-state index contributed by atoms with van der Waals surface area (Å²) in [7, 11) is 0. The Balaban J connectivity index is 1.73. The lowest BCUT2D eigenvalue weighted by molar-refractivity contribution is -0.135. The molecule has 2 fully saturated rings. The maximum Gasteiger partial charge on any atom is 0.227 e. The predicted molar refractivity (Wildman–Crippen MR) is 75.7 cm³/mol. The second-order valence-electron chi connectivity index (χ2n) is 6.45. The van der Waals surface area contributed by atoms with Crippen molar-refractivity contribution in [3.05, 3.63) is 0 Å². The van der Waals surface area contributed by atoms with Gasteiger partial charge in [0.05, 0.1) is 12.0 Å². The molecule has 0 aromatic carbocycles. The SMILES string of the molecule is CC(C)CCO[C@@H]1CCN(C(=O)[C@H]2CCC[C@@H]2N)C1. The molecule has 0 unspecified atom stereocenters. The van der Waals surface area contributed by atoms with Gasteiger partial charge in [0, 0.05) is 25.7 Å². The Bertz CT molecular complexity index is 307. The molecule has 4 nitrogen and oxygen atoms in total. The number of rotatable bonds is 5. The second kappa shape index (κ2) is 6.71. The molecule has 1 saturated heterocycles. The Labute approximate surface area is 116 Å². The van der Waals surface area contributed by atoms with Gasteiger partial charge in [-0.2, -0.15) is 0 Å². The lowest BCUT2D eigenvalue weighted by Gasteiger charge is -2.23. The summed E-state index contributed by atoms with van der Waals surface area (Å²) >= 11 is 0. The van der Waals surface area contributed by atoms with Gasteiger partial charge in [-0.25, -0.2) is 0 Å². The maximum atomic E-state index is 12.4. The number of carbonyl (C=O) groups excluding carboxylic acids is 1. The van der Waals surface area contributed by atoms with E-state index in [1.165, 1.54) is 0 Å². The van der Waals surface area contributed by atoms with E-state index in [2.05, 4.69) is 13.8 Å². The van der Waals surface area contributed by atoms with Crippen LogP contribution in [-0.4, -0.2) is 42.6 Å². The summed E-state index contributed by atoms with van der Waals surface area (Å²) in [5, 5.41) is 0. The van der Waals surface area contributed by atoms with Crippen molar-refractivity contribution in [2.45, 2.75) is 58.1 Å². The molecule has 2 rings (SSSR count). The van der Waals surface area contributed by atoms with E-state index in [1.807, 2.05) is 4.90 Å². The topological polar surface area (TPSA) is 55.6 Å². The van der Waals surface area contributed by atoms with Crippen LogP contribution in [0.3, 0.4) is 0 Å². The molecule has 0 aromatic rings. The van der Waals surface area contributed by atoms with Gasteiger partial charge in [0.25, 0.3) is 0 Å². The van der Waals surface area contributed by atoms with Crippen molar-refractivity contribution >= 4 is 5.91 Å². The van der Waals surface area contributed by atoms with Crippen molar-refractivity contribution in [1.82, 2.24) is 4.90 Å². The summed E-state index contributed by atoms with van der Waals surface area (Å²) in [4.78, 5) is 14.3. The summed E-state index contributed by atoms with van der Waals surface area (Å²) in [5.41, 5.74) is 6.02. The summed E-state index contributed by atoms with van der Waals surface area (Å²) in [6.07, 6.45) is 5.37. The molecule has 2 N–H and O–H groups in total. The van der Waals surface area contributed by atoms with Crippen molar-refractivity contribution in [2.24, 2.45) is 17.6 Å². The number of nitrogens with zero attached hydrogens (tertiary/aromatic N) is 1. The van der Waals surface area contributed by atoms with Crippen LogP contribution >= 0.6 is 0 Å². The van der Waals surface area contributed by atoms with E-state index in [0.717, 1.165) is 51.8 Å². The summed E-state index contributed by atoms with van der Waals surface area (Å²) in [6, 6.07) is 0.0772. The van der Waals surface area contributed by atoms with E-state index in [4.69, 9.17) is 10.5 Å². The lowest BCUT2D eigenvalue weighted by Crippen LogP contribution is -2.41. The quantitative estimate of drug-likeness (QED) is 0.827. The third-order valence-corrected chi connectivity index (χ3v) is 4.39. The van der Waals surface area contributed by atoms with E-state index in [-0.39, 0.29) is 24.0 Å². The van der Waals surface area contributed by atoms with Crippen molar-refractivity contribution in [2.75, 3.05) is 19.7 Å². The second-order valence-corrected chi connectivity index (χ2v) is 6.45. The number of nitrogens with two attached hydrogens (primary N) is 1. The zero-order chi connectivity index (χ0) is 13.8. The minimum Gasteiger partial charge on any atom is -0.376 e. The van der Waals surface area contributed by atoms with Crippen LogP contribution < -0.4 is 5.73 Å². The molecular weight excluding hydrogens is 240 g/mol. The zero-order valence-corrected chi connectivity index (χ0v) is 12.3. The summed E-state index contributed by atoms with van der Waals surface area (Å²) < 4.78 is 5.86. The number of hydrogen-bond donors (Lipinski definition) is 1. The van der Waals surface area contributed by atoms with Gasteiger partial charge in [-0.15, -0.1) is 0 Å². The fourth-order valence-electron chi connectivity index (χ4n) is 3.06. The highest BCUT2D eigenvalue weighted by atomic mass is 16.5. The van der Waals surface area contributed by atoms with Crippen LogP contribution in [0, 0.1) is 11.8 Å². The number of ether oxygens (including phenoxy) is 1. The monoisotopic (exact) mass is 268 g/mol. The average molecular weight is 268 g/mol. The third-order valence-electron chi connectivity index (χ3n) is 4.39. The molecule has 1 saturated carbocycles. The van der Waals surface area contributed by atoms with E-state index < -0.39 is 0 Å². The number of likely N-dealkylation sites (tertiary alicyclic amines) is 1. The first-order valence-corrected chi connectivity index (χ1v) is 7.74. The fourth-order valence-corrected chi connectivity index (χ4v) is 3.06. The van der Waals surface area contributed by atoms with E-state index >= 15 is 0 Å². The van der Waals surface area contributed by atoms with Gasteiger partial charge in [0.1, 0.15) is 0 Å². The lowest BCUT2D eigenvalue weighted by atomic mass is 10.0. The van der Waals surface area contributed by atoms with E-state index in [1.54, 1.807) is 0 Å². The normalized spacial score (nSPS) is 31.4. The Hall–Kier alpha value is -0.610. The summed E-state index contributed by atoms with van der Waals surface area (Å²) in [5.74, 6) is 1.00. The van der Waals surface area contributed by atoms with Gasteiger partial charge in [-0.3, -0.25) is 4.79 Å². The molecule has 3 atom stereocenters. The molecule has 0 spiro atoms. The standard InChI is InChI=1S/C15H28N2O2/c1-11(2)7-9-19-12-6-8-17(10-12)15(18)13-4-3-5-14(13)16/h11-14H,3-10,16H2,1-2H3/t12-,13+,14+/m1/s1. The van der Waals surface area contributed by atoms with E-state index in [0.29, 0.717) is 5.92 Å². The zero-order valence-electron chi connectivity index (χ0n) is 12.3. The highest BCUT2D eigenvalue weighted by molar-refractivity contribution is 5.80. The Morgan fingerprint density at radius 3 is 2.79 bits per heavy atom. The third kappa shape index (κ3) is 3.93. The Morgan fingerprint density at radius 2 is 2.16 bits per heavy atom. The minimum absolute atomic E-state index is 0.0643. The van der Waals surface area contributed by atoms with Gasteiger partial charge in [-0.1, -0.05) is 20.3 Å². The van der Waals surface area contributed by atoms with Crippen LogP contribution in [0.2, 0.25) is 0 Å². The van der Waals surface area contributed by atoms with Crippen LogP contribution in [0.15, 0.2) is 0 Å². The van der Waals surface area contributed by atoms with Crippen LogP contribution in [0.25, 0.3) is 0 Å². The first-order chi connectivity index (χ1) is 9.08. The van der Waals surface area contributed by atoms with Gasteiger partial charge in [0.15, 0.2) is 0 Å². The molecule has 1 amide bonds. The predicted octanol–water partition coefficient (Wildman–Crippen LogP) is 1.78. The molecule has 2 aliphatic rings. The fraction of sp³-hybridized carbons (Fsp3) is 0.933. The molecule has 1 heterocycles. The largest absolute Gasteiger partial charge is 0.376 e. The van der Waals surface area contributed by atoms with Gasteiger partial charge in [-0.05, 0) is 31.6 Å². The van der Waals surface area contributed by atoms with Crippen molar-refractivity contribution < 1.29 is 9.53 Å². The van der Waals surface area contributed by atoms with E-state index in [9.17, 15) is 4.79 Å². The smallest absolute Gasteiger partial charge is 0.227 e. The number of hydrogen-bond acceptors (Lipinski definition) is 3. The molecule has 1 aliphatic carbocycles. The molecule has 19 heavy (non-hydrogen) atoms. The first-order valence-electron chi connectivity index (χ1n) is 7.74. The highest BCUT2D eigenvalue weighted by Crippen LogP contribution is 2.27. The first kappa shape index (κ1) is 14.8. The maximum absolute atomic E-state index is 12.4. The minimum atomic E-state index is 0.0643.